The monoisotopic (exact) mass is 399 g/mol. The zero-order valence-electron chi connectivity index (χ0n) is 17.9. The molecule has 0 aliphatic carbocycles. The molecule has 0 bridgehead atoms. The molecule has 0 radical (unpaired) electrons. The van der Waals surface area contributed by atoms with Crippen LogP contribution in [0.15, 0.2) is 54.6 Å². The zero-order valence-corrected chi connectivity index (χ0v) is 17.9. The smallest absolute Gasteiger partial charge is 0.270 e. The molecule has 5 heteroatoms. The SMILES string of the molecule is Cc1cc(/C=C(/C#N)c2cccc([N+](=O)[O-])c2)c(C)n1-c1ccc(C(C)(C)C)cc1. The predicted octanol–water partition coefficient (Wildman–Crippen LogP) is 6.36. The van der Waals surface area contributed by atoms with Gasteiger partial charge in [0.05, 0.1) is 16.6 Å². The van der Waals surface area contributed by atoms with E-state index in [2.05, 4.69) is 55.7 Å². The van der Waals surface area contributed by atoms with Crippen molar-refractivity contribution in [1.29, 1.82) is 5.26 Å². The number of aryl methyl sites for hydroxylation is 1. The first-order chi connectivity index (χ1) is 14.1. The number of non-ortho nitro benzene ring substituents is 1. The molecule has 2 aromatic carbocycles. The summed E-state index contributed by atoms with van der Waals surface area (Å²) in [5.74, 6) is 0. The highest BCUT2D eigenvalue weighted by molar-refractivity contribution is 5.90. The molecule has 0 saturated heterocycles. The third-order valence-corrected chi connectivity index (χ3v) is 5.25. The first-order valence-corrected chi connectivity index (χ1v) is 9.78. The van der Waals surface area contributed by atoms with Crippen LogP contribution in [-0.2, 0) is 5.41 Å². The van der Waals surface area contributed by atoms with Crippen molar-refractivity contribution in [3.05, 3.63) is 92.8 Å². The topological polar surface area (TPSA) is 71.9 Å². The summed E-state index contributed by atoms with van der Waals surface area (Å²) in [4.78, 5) is 10.6. The average molecular weight is 399 g/mol. The van der Waals surface area contributed by atoms with Crippen LogP contribution in [0.1, 0.15) is 48.8 Å². The van der Waals surface area contributed by atoms with Gasteiger partial charge in [0, 0.05) is 29.2 Å². The van der Waals surface area contributed by atoms with Crippen LogP contribution in [0.5, 0.6) is 0 Å². The van der Waals surface area contributed by atoms with Crippen molar-refractivity contribution in [2.45, 2.75) is 40.0 Å². The van der Waals surface area contributed by atoms with Crippen molar-refractivity contribution >= 4 is 17.3 Å². The maximum Gasteiger partial charge on any atom is 0.270 e. The second-order valence-electron chi connectivity index (χ2n) is 8.44. The number of nitro benzene ring substituents is 1. The maximum atomic E-state index is 11.1. The Labute approximate surface area is 177 Å². The van der Waals surface area contributed by atoms with Gasteiger partial charge in [-0.05, 0) is 60.2 Å². The number of aromatic nitrogens is 1. The van der Waals surface area contributed by atoms with E-state index < -0.39 is 4.92 Å². The Bertz CT molecular complexity index is 1170. The standard InChI is InChI=1S/C25H25N3O2/c1-17-13-20(14-21(16-26)19-7-6-8-24(15-19)28(29)30)18(2)27(17)23-11-9-22(10-12-23)25(3,4)5/h6-15H,1-5H3/b21-14-. The third-order valence-electron chi connectivity index (χ3n) is 5.25. The average Bonchev–Trinajstić information content (AvgIpc) is 2.98. The van der Waals surface area contributed by atoms with Gasteiger partial charge >= 0.3 is 0 Å². The zero-order chi connectivity index (χ0) is 22.1. The Hall–Kier alpha value is -3.65. The molecule has 0 aliphatic heterocycles. The highest BCUT2D eigenvalue weighted by atomic mass is 16.6. The highest BCUT2D eigenvalue weighted by Crippen LogP contribution is 2.28. The lowest BCUT2D eigenvalue weighted by molar-refractivity contribution is -0.384. The fourth-order valence-corrected chi connectivity index (χ4v) is 3.56. The van der Waals surface area contributed by atoms with Crippen LogP contribution in [0, 0.1) is 35.3 Å². The van der Waals surface area contributed by atoms with E-state index in [1.165, 1.54) is 17.7 Å². The number of nitro groups is 1. The van der Waals surface area contributed by atoms with E-state index in [0.29, 0.717) is 11.1 Å². The highest BCUT2D eigenvalue weighted by Gasteiger charge is 2.15. The number of allylic oxidation sites excluding steroid dienone is 1. The van der Waals surface area contributed by atoms with Crippen LogP contribution in [0.2, 0.25) is 0 Å². The van der Waals surface area contributed by atoms with Crippen molar-refractivity contribution in [2.24, 2.45) is 0 Å². The number of hydrogen-bond donors (Lipinski definition) is 0. The first-order valence-electron chi connectivity index (χ1n) is 9.78. The Kier molecular flexibility index (Phi) is 5.62. The first kappa shape index (κ1) is 21.1. The summed E-state index contributed by atoms with van der Waals surface area (Å²) >= 11 is 0. The van der Waals surface area contributed by atoms with Crippen molar-refractivity contribution < 1.29 is 4.92 Å². The predicted molar refractivity (Wildman–Crippen MR) is 121 cm³/mol. The van der Waals surface area contributed by atoms with E-state index in [4.69, 9.17) is 0 Å². The van der Waals surface area contributed by atoms with Crippen LogP contribution in [0.4, 0.5) is 5.69 Å². The van der Waals surface area contributed by atoms with Gasteiger partial charge in [-0.15, -0.1) is 0 Å². The minimum atomic E-state index is -0.453. The number of nitriles is 1. The van der Waals surface area contributed by atoms with Crippen molar-refractivity contribution in [3.63, 3.8) is 0 Å². The summed E-state index contributed by atoms with van der Waals surface area (Å²) in [5, 5.41) is 20.7. The quantitative estimate of drug-likeness (QED) is 0.291. The van der Waals surface area contributed by atoms with Crippen molar-refractivity contribution in [2.75, 3.05) is 0 Å². The van der Waals surface area contributed by atoms with Gasteiger partial charge in [0.1, 0.15) is 0 Å². The van der Waals surface area contributed by atoms with E-state index in [-0.39, 0.29) is 11.1 Å². The number of nitrogens with zero attached hydrogens (tertiary/aromatic N) is 3. The van der Waals surface area contributed by atoms with E-state index in [0.717, 1.165) is 22.6 Å². The summed E-state index contributed by atoms with van der Waals surface area (Å²) in [6.07, 6.45) is 1.79. The molecule has 0 unspecified atom stereocenters. The lowest BCUT2D eigenvalue weighted by atomic mass is 9.87. The van der Waals surface area contributed by atoms with Crippen LogP contribution < -0.4 is 0 Å². The van der Waals surface area contributed by atoms with Gasteiger partial charge in [-0.2, -0.15) is 5.26 Å². The fraction of sp³-hybridized carbons (Fsp3) is 0.240. The molecule has 1 aromatic heterocycles. The number of rotatable bonds is 4. The van der Waals surface area contributed by atoms with Gasteiger partial charge in [0.15, 0.2) is 0 Å². The van der Waals surface area contributed by atoms with Crippen LogP contribution in [0.3, 0.4) is 0 Å². The second-order valence-corrected chi connectivity index (χ2v) is 8.44. The molecule has 0 spiro atoms. The van der Waals surface area contributed by atoms with Crippen molar-refractivity contribution in [1.82, 2.24) is 4.57 Å². The molecule has 0 saturated carbocycles. The number of benzene rings is 2. The van der Waals surface area contributed by atoms with Crippen LogP contribution >= 0.6 is 0 Å². The summed E-state index contributed by atoms with van der Waals surface area (Å²) < 4.78 is 2.15. The molecule has 1 heterocycles. The Balaban J connectivity index is 2.04. The summed E-state index contributed by atoms with van der Waals surface area (Å²) in [5.41, 5.74) is 6.29. The minimum Gasteiger partial charge on any atom is -0.318 e. The van der Waals surface area contributed by atoms with Gasteiger partial charge in [0.2, 0.25) is 0 Å². The Morgan fingerprint density at radius 3 is 2.33 bits per heavy atom. The normalized spacial score (nSPS) is 11.9. The molecule has 0 fully saturated rings. The van der Waals surface area contributed by atoms with E-state index in [1.807, 2.05) is 19.9 Å². The molecule has 0 amide bonds. The summed E-state index contributed by atoms with van der Waals surface area (Å²) in [7, 11) is 0. The lowest BCUT2D eigenvalue weighted by Gasteiger charge is -2.20. The molecular weight excluding hydrogens is 374 g/mol. The van der Waals surface area contributed by atoms with E-state index >= 15 is 0 Å². The molecule has 0 aliphatic rings. The van der Waals surface area contributed by atoms with E-state index in [9.17, 15) is 15.4 Å². The summed E-state index contributed by atoms with van der Waals surface area (Å²) in [6, 6.07) is 18.9. The molecule has 0 atom stereocenters. The molecule has 0 N–H and O–H groups in total. The van der Waals surface area contributed by atoms with Gasteiger partial charge in [-0.1, -0.05) is 45.0 Å². The second kappa shape index (κ2) is 8.00. The molecule has 3 rings (SSSR count). The third kappa shape index (κ3) is 4.18. The van der Waals surface area contributed by atoms with Crippen molar-refractivity contribution in [3.8, 4) is 11.8 Å². The molecule has 152 valence electrons. The maximum absolute atomic E-state index is 11.1. The van der Waals surface area contributed by atoms with E-state index in [1.54, 1.807) is 18.2 Å². The van der Waals surface area contributed by atoms with Gasteiger partial charge in [-0.25, -0.2) is 0 Å². The Morgan fingerprint density at radius 1 is 1.10 bits per heavy atom. The van der Waals surface area contributed by atoms with Crippen LogP contribution in [-0.4, -0.2) is 9.49 Å². The number of hydrogen-bond acceptors (Lipinski definition) is 3. The lowest BCUT2D eigenvalue weighted by Crippen LogP contribution is -2.11. The van der Waals surface area contributed by atoms with Gasteiger partial charge < -0.3 is 4.57 Å². The molecular formula is C25H25N3O2. The largest absolute Gasteiger partial charge is 0.318 e. The fourth-order valence-electron chi connectivity index (χ4n) is 3.56. The molecule has 3 aromatic rings. The molecule has 30 heavy (non-hydrogen) atoms. The van der Waals surface area contributed by atoms with Gasteiger partial charge in [0.25, 0.3) is 5.69 Å². The van der Waals surface area contributed by atoms with Crippen LogP contribution in [0.25, 0.3) is 17.3 Å². The molecule has 5 nitrogen and oxygen atoms in total. The Morgan fingerprint density at radius 2 is 1.77 bits per heavy atom. The summed E-state index contributed by atoms with van der Waals surface area (Å²) in [6.45, 7) is 10.6. The minimum absolute atomic E-state index is 0.0296. The van der Waals surface area contributed by atoms with Gasteiger partial charge in [-0.3, -0.25) is 10.1 Å².